The first kappa shape index (κ1) is 11.3. The Bertz CT molecular complexity index is 376. The third-order valence-corrected chi connectivity index (χ3v) is 3.27. The number of likely N-dealkylation sites (N-methyl/N-ethyl adjacent to an activating group) is 2. The van der Waals surface area contributed by atoms with Crippen molar-refractivity contribution < 1.29 is 4.74 Å². The maximum absolute atomic E-state index is 5.58. The summed E-state index contributed by atoms with van der Waals surface area (Å²) < 4.78 is 5.58. The normalized spacial score (nSPS) is 14.1. The minimum absolute atomic E-state index is 0.991. The van der Waals surface area contributed by atoms with Crippen LogP contribution in [-0.4, -0.2) is 34.3 Å². The van der Waals surface area contributed by atoms with Gasteiger partial charge in [0.05, 0.1) is 7.11 Å². The number of anilines is 1. The molecule has 1 aliphatic rings. The Morgan fingerprint density at radius 2 is 2.25 bits per heavy atom. The molecular weight excluding hydrogens is 200 g/mol. The van der Waals surface area contributed by atoms with Crippen molar-refractivity contribution in [3.63, 3.8) is 0 Å². The van der Waals surface area contributed by atoms with Crippen LogP contribution >= 0.6 is 0 Å². The quantitative estimate of drug-likeness (QED) is 0.831. The van der Waals surface area contributed by atoms with Crippen LogP contribution in [0.4, 0.5) is 5.69 Å². The maximum atomic E-state index is 5.58. The van der Waals surface area contributed by atoms with Crippen LogP contribution in [0.5, 0.6) is 5.75 Å². The summed E-state index contributed by atoms with van der Waals surface area (Å²) in [5, 5.41) is 3.18. The van der Waals surface area contributed by atoms with E-state index in [-0.39, 0.29) is 0 Å². The van der Waals surface area contributed by atoms with Crippen LogP contribution in [0.25, 0.3) is 0 Å². The lowest BCUT2D eigenvalue weighted by Crippen LogP contribution is -2.13. The van der Waals surface area contributed by atoms with Crippen LogP contribution in [-0.2, 0) is 12.8 Å². The molecule has 0 unspecified atom stereocenters. The van der Waals surface area contributed by atoms with E-state index in [0.29, 0.717) is 0 Å². The van der Waals surface area contributed by atoms with Crippen molar-refractivity contribution in [2.75, 3.05) is 39.2 Å². The smallest absolute Gasteiger partial charge is 0.127 e. The van der Waals surface area contributed by atoms with Gasteiger partial charge in [0.15, 0.2) is 0 Å². The van der Waals surface area contributed by atoms with Crippen molar-refractivity contribution in [2.24, 2.45) is 0 Å². The first-order valence-electron chi connectivity index (χ1n) is 5.82. The number of fused-ring (bicyclic) bond motifs is 1. The van der Waals surface area contributed by atoms with E-state index in [4.69, 9.17) is 4.74 Å². The fraction of sp³-hybridized carbons (Fsp3) is 0.538. The van der Waals surface area contributed by atoms with Crippen LogP contribution < -0.4 is 15.0 Å². The largest absolute Gasteiger partial charge is 0.496 e. The molecule has 3 nitrogen and oxygen atoms in total. The van der Waals surface area contributed by atoms with Gasteiger partial charge in [0.2, 0.25) is 0 Å². The van der Waals surface area contributed by atoms with Crippen molar-refractivity contribution in [3.8, 4) is 5.75 Å². The lowest BCUT2D eigenvalue weighted by atomic mass is 10.0. The summed E-state index contributed by atoms with van der Waals surface area (Å²) in [5.74, 6) is 1.09. The highest BCUT2D eigenvalue weighted by atomic mass is 16.5. The molecule has 0 aromatic heterocycles. The molecule has 0 saturated heterocycles. The Labute approximate surface area is 97.4 Å². The summed E-state index contributed by atoms with van der Waals surface area (Å²) in [7, 11) is 5.89. The lowest BCUT2D eigenvalue weighted by Gasteiger charge is -2.16. The number of methoxy groups -OCH3 is 1. The van der Waals surface area contributed by atoms with Crippen LogP contribution in [0, 0.1) is 0 Å². The number of nitrogens with one attached hydrogen (secondary N) is 1. The third-order valence-electron chi connectivity index (χ3n) is 3.27. The SMILES string of the molecule is CNCCc1ccc2c(c1OC)CCN2C. The molecule has 0 bridgehead atoms. The van der Waals surface area contributed by atoms with Gasteiger partial charge in [-0.3, -0.25) is 0 Å². The molecule has 88 valence electrons. The summed E-state index contributed by atoms with van der Waals surface area (Å²) in [6, 6.07) is 4.41. The van der Waals surface area contributed by atoms with E-state index >= 15 is 0 Å². The van der Waals surface area contributed by atoms with Crippen molar-refractivity contribution in [2.45, 2.75) is 12.8 Å². The van der Waals surface area contributed by atoms with Crippen molar-refractivity contribution in [1.82, 2.24) is 5.32 Å². The van der Waals surface area contributed by atoms with E-state index < -0.39 is 0 Å². The first-order valence-corrected chi connectivity index (χ1v) is 5.82. The van der Waals surface area contributed by atoms with Crippen LogP contribution in [0.1, 0.15) is 11.1 Å². The van der Waals surface area contributed by atoms with E-state index in [1.807, 2.05) is 7.05 Å². The molecule has 0 radical (unpaired) electrons. The molecule has 0 fully saturated rings. The third kappa shape index (κ3) is 1.87. The van der Waals surface area contributed by atoms with Crippen LogP contribution in [0.15, 0.2) is 12.1 Å². The summed E-state index contributed by atoms with van der Waals surface area (Å²) in [6.45, 7) is 2.09. The van der Waals surface area contributed by atoms with Crippen LogP contribution in [0.3, 0.4) is 0 Å². The second-order valence-electron chi connectivity index (χ2n) is 4.28. The zero-order chi connectivity index (χ0) is 11.5. The van der Waals surface area contributed by atoms with E-state index in [9.17, 15) is 0 Å². The summed E-state index contributed by atoms with van der Waals surface area (Å²) in [6.07, 6.45) is 2.12. The second kappa shape index (κ2) is 4.74. The Morgan fingerprint density at radius 3 is 2.94 bits per heavy atom. The second-order valence-corrected chi connectivity index (χ2v) is 4.28. The van der Waals surface area contributed by atoms with Gasteiger partial charge in [-0.15, -0.1) is 0 Å². The average molecular weight is 220 g/mol. The summed E-state index contributed by atoms with van der Waals surface area (Å²) >= 11 is 0. The van der Waals surface area contributed by atoms with Crippen molar-refractivity contribution in [1.29, 1.82) is 0 Å². The van der Waals surface area contributed by atoms with Gasteiger partial charge in [0, 0.05) is 24.8 Å². The molecule has 0 atom stereocenters. The number of nitrogens with zero attached hydrogens (tertiary/aromatic N) is 1. The fourth-order valence-electron chi connectivity index (χ4n) is 2.38. The highest BCUT2D eigenvalue weighted by molar-refractivity contribution is 5.65. The van der Waals surface area contributed by atoms with E-state index in [2.05, 4.69) is 29.4 Å². The highest BCUT2D eigenvalue weighted by Gasteiger charge is 2.21. The van der Waals surface area contributed by atoms with Gasteiger partial charge in [-0.25, -0.2) is 0 Å². The predicted molar refractivity (Wildman–Crippen MR) is 67.6 cm³/mol. The molecule has 1 aromatic carbocycles. The maximum Gasteiger partial charge on any atom is 0.127 e. The van der Waals surface area contributed by atoms with Gasteiger partial charge in [-0.2, -0.15) is 0 Å². The lowest BCUT2D eigenvalue weighted by molar-refractivity contribution is 0.405. The monoisotopic (exact) mass is 220 g/mol. The zero-order valence-corrected chi connectivity index (χ0v) is 10.3. The van der Waals surface area contributed by atoms with E-state index in [0.717, 1.165) is 31.7 Å². The van der Waals surface area contributed by atoms with Gasteiger partial charge in [-0.1, -0.05) is 6.07 Å². The molecule has 0 saturated carbocycles. The Morgan fingerprint density at radius 1 is 1.44 bits per heavy atom. The number of ether oxygens (including phenoxy) is 1. The molecule has 0 amide bonds. The van der Waals surface area contributed by atoms with E-state index in [1.54, 1.807) is 7.11 Å². The number of hydrogen-bond donors (Lipinski definition) is 1. The molecule has 16 heavy (non-hydrogen) atoms. The Kier molecular flexibility index (Phi) is 3.34. The van der Waals surface area contributed by atoms with Gasteiger partial charge >= 0.3 is 0 Å². The van der Waals surface area contributed by atoms with Crippen molar-refractivity contribution in [3.05, 3.63) is 23.3 Å². The molecule has 0 spiro atoms. The fourth-order valence-corrected chi connectivity index (χ4v) is 2.38. The zero-order valence-electron chi connectivity index (χ0n) is 10.3. The number of benzene rings is 1. The van der Waals surface area contributed by atoms with Gasteiger partial charge in [0.25, 0.3) is 0 Å². The Hall–Kier alpha value is -1.22. The first-order chi connectivity index (χ1) is 7.77. The van der Waals surface area contributed by atoms with Crippen LogP contribution in [0.2, 0.25) is 0 Å². The molecule has 1 aliphatic heterocycles. The molecule has 0 aliphatic carbocycles. The summed E-state index contributed by atoms with van der Waals surface area (Å²) in [4.78, 5) is 2.29. The molecule has 1 N–H and O–H groups in total. The highest BCUT2D eigenvalue weighted by Crippen LogP contribution is 2.36. The molecule has 1 heterocycles. The minimum Gasteiger partial charge on any atom is -0.496 e. The minimum atomic E-state index is 0.991. The topological polar surface area (TPSA) is 24.5 Å². The standard InChI is InChI=1S/C13H20N2O/c1-14-8-6-10-4-5-12-11(13(10)16-3)7-9-15(12)2/h4-5,14H,6-9H2,1-3H3. The van der Waals surface area contributed by atoms with Crippen molar-refractivity contribution >= 4 is 5.69 Å². The molecule has 2 rings (SSSR count). The number of hydrogen-bond acceptors (Lipinski definition) is 3. The molecule has 1 aromatic rings. The van der Waals surface area contributed by atoms with Gasteiger partial charge in [0.1, 0.15) is 5.75 Å². The van der Waals surface area contributed by atoms with E-state index in [1.165, 1.54) is 16.8 Å². The average Bonchev–Trinajstić information content (AvgIpc) is 2.68. The molecular formula is C13H20N2O. The summed E-state index contributed by atoms with van der Waals surface area (Å²) in [5.41, 5.74) is 4.01. The number of rotatable bonds is 4. The van der Waals surface area contributed by atoms with Gasteiger partial charge < -0.3 is 15.0 Å². The Balaban J connectivity index is 2.34. The molecule has 3 heteroatoms. The predicted octanol–water partition coefficient (Wildman–Crippen LogP) is 1.45. The van der Waals surface area contributed by atoms with Gasteiger partial charge in [-0.05, 0) is 38.1 Å².